The predicted molar refractivity (Wildman–Crippen MR) is 67.5 cm³/mol. The lowest BCUT2D eigenvalue weighted by Gasteiger charge is -2.10. The summed E-state index contributed by atoms with van der Waals surface area (Å²) in [5.41, 5.74) is 1.49. The van der Waals surface area contributed by atoms with Gasteiger partial charge in [0.05, 0.1) is 12.8 Å². The van der Waals surface area contributed by atoms with Crippen LogP contribution in [-0.4, -0.2) is 25.0 Å². The second-order valence-electron chi connectivity index (χ2n) is 4.41. The molecule has 1 aliphatic rings. The standard InChI is InChI=1S/C13H16N2O3/c1-8-3-6-11(18-2)10(7-8)15-13(17)12(16)14-9-4-5-9/h3,6-7,9H,4-5H2,1-2H3,(H,14,16)(H,15,17). The highest BCUT2D eigenvalue weighted by Crippen LogP contribution is 2.25. The van der Waals surface area contributed by atoms with Crippen molar-refractivity contribution >= 4 is 17.5 Å². The molecule has 0 radical (unpaired) electrons. The molecule has 1 fully saturated rings. The molecular formula is C13H16N2O3. The molecule has 5 nitrogen and oxygen atoms in total. The summed E-state index contributed by atoms with van der Waals surface area (Å²) in [7, 11) is 1.52. The Morgan fingerprint density at radius 3 is 2.61 bits per heavy atom. The van der Waals surface area contributed by atoms with E-state index in [0.717, 1.165) is 18.4 Å². The molecule has 18 heavy (non-hydrogen) atoms. The third-order valence-corrected chi connectivity index (χ3v) is 2.72. The summed E-state index contributed by atoms with van der Waals surface area (Å²) in [4.78, 5) is 23.2. The van der Waals surface area contributed by atoms with Crippen LogP contribution in [0.4, 0.5) is 5.69 Å². The highest BCUT2D eigenvalue weighted by atomic mass is 16.5. The summed E-state index contributed by atoms with van der Waals surface area (Å²) in [5.74, 6) is -0.722. The first-order valence-corrected chi connectivity index (χ1v) is 5.86. The van der Waals surface area contributed by atoms with Gasteiger partial charge < -0.3 is 15.4 Å². The van der Waals surface area contributed by atoms with Gasteiger partial charge >= 0.3 is 11.8 Å². The second kappa shape index (κ2) is 5.08. The minimum atomic E-state index is -0.661. The quantitative estimate of drug-likeness (QED) is 0.790. The van der Waals surface area contributed by atoms with Gasteiger partial charge in [-0.1, -0.05) is 6.07 Å². The van der Waals surface area contributed by atoms with E-state index in [1.807, 2.05) is 13.0 Å². The van der Waals surface area contributed by atoms with E-state index in [1.54, 1.807) is 12.1 Å². The van der Waals surface area contributed by atoms with Crippen molar-refractivity contribution in [1.82, 2.24) is 5.32 Å². The lowest BCUT2D eigenvalue weighted by Crippen LogP contribution is -2.36. The average Bonchev–Trinajstić information content (AvgIpc) is 3.13. The zero-order valence-electron chi connectivity index (χ0n) is 10.4. The van der Waals surface area contributed by atoms with E-state index in [9.17, 15) is 9.59 Å². The number of hydrogen-bond donors (Lipinski definition) is 2. The minimum Gasteiger partial charge on any atom is -0.495 e. The van der Waals surface area contributed by atoms with E-state index in [2.05, 4.69) is 10.6 Å². The van der Waals surface area contributed by atoms with Crippen molar-refractivity contribution in [2.75, 3.05) is 12.4 Å². The molecule has 0 spiro atoms. The molecule has 2 N–H and O–H groups in total. The van der Waals surface area contributed by atoms with Gasteiger partial charge in [-0.25, -0.2) is 0 Å². The Bertz CT molecular complexity index is 481. The number of ether oxygens (including phenoxy) is 1. The van der Waals surface area contributed by atoms with Crippen LogP contribution >= 0.6 is 0 Å². The van der Waals surface area contributed by atoms with E-state index >= 15 is 0 Å². The number of nitrogens with one attached hydrogen (secondary N) is 2. The van der Waals surface area contributed by atoms with Crippen LogP contribution in [0.5, 0.6) is 5.75 Å². The molecule has 0 atom stereocenters. The van der Waals surface area contributed by atoms with Crippen LogP contribution in [0.25, 0.3) is 0 Å². The zero-order chi connectivity index (χ0) is 13.1. The van der Waals surface area contributed by atoms with Crippen molar-refractivity contribution in [3.8, 4) is 5.75 Å². The molecule has 1 saturated carbocycles. The first kappa shape index (κ1) is 12.4. The molecule has 2 rings (SSSR count). The largest absolute Gasteiger partial charge is 0.495 e. The van der Waals surface area contributed by atoms with Gasteiger partial charge in [-0.15, -0.1) is 0 Å². The summed E-state index contributed by atoms with van der Waals surface area (Å²) in [6.45, 7) is 1.90. The molecule has 96 valence electrons. The predicted octanol–water partition coefficient (Wildman–Crippen LogP) is 1.22. The van der Waals surface area contributed by atoms with Gasteiger partial charge in [0.2, 0.25) is 0 Å². The van der Waals surface area contributed by atoms with E-state index in [0.29, 0.717) is 11.4 Å². The highest BCUT2D eigenvalue weighted by molar-refractivity contribution is 6.39. The monoisotopic (exact) mass is 248 g/mol. The van der Waals surface area contributed by atoms with E-state index in [1.165, 1.54) is 7.11 Å². The van der Waals surface area contributed by atoms with Gasteiger partial charge in [0, 0.05) is 6.04 Å². The van der Waals surface area contributed by atoms with Gasteiger partial charge in [-0.2, -0.15) is 0 Å². The molecule has 5 heteroatoms. The van der Waals surface area contributed by atoms with Crippen LogP contribution < -0.4 is 15.4 Å². The van der Waals surface area contributed by atoms with Crippen LogP contribution in [0.3, 0.4) is 0 Å². The third-order valence-electron chi connectivity index (χ3n) is 2.72. The Kier molecular flexibility index (Phi) is 3.50. The SMILES string of the molecule is COc1ccc(C)cc1NC(=O)C(=O)NC1CC1. The molecule has 0 bridgehead atoms. The fourth-order valence-corrected chi connectivity index (χ4v) is 1.58. The zero-order valence-corrected chi connectivity index (χ0v) is 10.4. The van der Waals surface area contributed by atoms with Gasteiger partial charge in [0.15, 0.2) is 0 Å². The Labute approximate surface area is 106 Å². The van der Waals surface area contributed by atoms with Gasteiger partial charge in [0.25, 0.3) is 0 Å². The van der Waals surface area contributed by atoms with Crippen LogP contribution in [0, 0.1) is 6.92 Å². The van der Waals surface area contributed by atoms with Crippen molar-refractivity contribution in [2.24, 2.45) is 0 Å². The number of aryl methyl sites for hydroxylation is 1. The van der Waals surface area contributed by atoms with Crippen molar-refractivity contribution in [3.63, 3.8) is 0 Å². The van der Waals surface area contributed by atoms with E-state index in [4.69, 9.17) is 4.74 Å². The van der Waals surface area contributed by atoms with Crippen LogP contribution in [0.2, 0.25) is 0 Å². The van der Waals surface area contributed by atoms with Gasteiger partial charge in [-0.3, -0.25) is 9.59 Å². The van der Waals surface area contributed by atoms with Crippen LogP contribution in [0.1, 0.15) is 18.4 Å². The Morgan fingerprint density at radius 1 is 1.28 bits per heavy atom. The number of benzene rings is 1. The minimum absolute atomic E-state index is 0.169. The van der Waals surface area contributed by atoms with E-state index in [-0.39, 0.29) is 6.04 Å². The Hall–Kier alpha value is -2.04. The smallest absolute Gasteiger partial charge is 0.313 e. The molecule has 0 saturated heterocycles. The van der Waals surface area contributed by atoms with Gasteiger partial charge in [0.1, 0.15) is 5.75 Å². The second-order valence-corrected chi connectivity index (χ2v) is 4.41. The van der Waals surface area contributed by atoms with Crippen LogP contribution in [-0.2, 0) is 9.59 Å². The summed E-state index contributed by atoms with van der Waals surface area (Å²) in [6.07, 6.45) is 1.90. The molecule has 0 heterocycles. The van der Waals surface area contributed by atoms with Gasteiger partial charge in [-0.05, 0) is 37.5 Å². The molecule has 0 aliphatic heterocycles. The number of anilines is 1. The lowest BCUT2D eigenvalue weighted by molar-refractivity contribution is -0.136. The molecule has 0 unspecified atom stereocenters. The van der Waals surface area contributed by atoms with Crippen molar-refractivity contribution in [1.29, 1.82) is 0 Å². The highest BCUT2D eigenvalue weighted by Gasteiger charge is 2.26. The summed E-state index contributed by atoms with van der Waals surface area (Å²) < 4.78 is 5.13. The number of methoxy groups -OCH3 is 1. The van der Waals surface area contributed by atoms with Crippen molar-refractivity contribution in [3.05, 3.63) is 23.8 Å². The summed E-state index contributed by atoms with van der Waals surface area (Å²) in [6, 6.07) is 5.56. The molecule has 1 aromatic rings. The first-order valence-electron chi connectivity index (χ1n) is 5.86. The number of carbonyl (C=O) groups excluding carboxylic acids is 2. The number of amides is 2. The maximum absolute atomic E-state index is 11.7. The van der Waals surface area contributed by atoms with Crippen LogP contribution in [0.15, 0.2) is 18.2 Å². The Balaban J connectivity index is 2.05. The fourth-order valence-electron chi connectivity index (χ4n) is 1.58. The number of rotatable bonds is 3. The molecule has 2 amide bonds. The fraction of sp³-hybridized carbons (Fsp3) is 0.385. The maximum Gasteiger partial charge on any atom is 0.313 e. The molecular weight excluding hydrogens is 232 g/mol. The normalized spacial score (nSPS) is 13.9. The first-order chi connectivity index (χ1) is 8.60. The topological polar surface area (TPSA) is 67.4 Å². The maximum atomic E-state index is 11.7. The molecule has 1 aromatic carbocycles. The Morgan fingerprint density at radius 2 is 2.00 bits per heavy atom. The number of carbonyl (C=O) groups is 2. The molecule has 1 aliphatic carbocycles. The summed E-state index contributed by atoms with van der Waals surface area (Å²) >= 11 is 0. The lowest BCUT2D eigenvalue weighted by atomic mass is 10.2. The number of hydrogen-bond acceptors (Lipinski definition) is 3. The third kappa shape index (κ3) is 3.00. The summed E-state index contributed by atoms with van der Waals surface area (Å²) in [5, 5.41) is 5.19. The average molecular weight is 248 g/mol. The van der Waals surface area contributed by atoms with Crippen molar-refractivity contribution < 1.29 is 14.3 Å². The molecule has 0 aromatic heterocycles. The van der Waals surface area contributed by atoms with E-state index < -0.39 is 11.8 Å². The van der Waals surface area contributed by atoms with Crippen molar-refractivity contribution in [2.45, 2.75) is 25.8 Å².